The highest BCUT2D eigenvalue weighted by Crippen LogP contribution is 2.19. The van der Waals surface area contributed by atoms with Gasteiger partial charge in [-0.1, -0.05) is 0 Å². The van der Waals surface area contributed by atoms with Crippen molar-refractivity contribution in [2.75, 3.05) is 0 Å². The quantitative estimate of drug-likeness (QED) is 0.776. The molecule has 0 aliphatic carbocycles. The molecule has 0 aliphatic rings. The van der Waals surface area contributed by atoms with E-state index in [-0.39, 0.29) is 0 Å². The van der Waals surface area contributed by atoms with Crippen molar-refractivity contribution in [1.82, 2.24) is 9.78 Å². The fraction of sp³-hybridized carbons (Fsp3) is 0.100. The van der Waals surface area contributed by atoms with Gasteiger partial charge in [-0.25, -0.2) is 18.0 Å². The van der Waals surface area contributed by atoms with E-state index in [1.807, 2.05) is 0 Å². The molecule has 94 valence electrons. The Morgan fingerprint density at radius 1 is 1.33 bits per heavy atom. The molecule has 0 spiro atoms. The number of carbonyl (C=O) groups is 1. The topological polar surface area (TPSA) is 72.2 Å². The number of carboxylic acids is 1. The van der Waals surface area contributed by atoms with E-state index in [1.165, 1.54) is 0 Å². The molecule has 1 heterocycles. The molecule has 0 radical (unpaired) electrons. The molecule has 2 aromatic rings. The molecule has 2 rings (SSSR count). The third kappa shape index (κ3) is 1.53. The fourth-order valence-electron chi connectivity index (χ4n) is 1.59. The molecule has 5 nitrogen and oxygen atoms in total. The summed E-state index contributed by atoms with van der Waals surface area (Å²) in [5, 5.41) is 11.4. The minimum absolute atomic E-state index is 0.449. The highest BCUT2D eigenvalue weighted by Gasteiger charge is 2.22. The van der Waals surface area contributed by atoms with E-state index >= 15 is 0 Å². The number of hydrogen-bond acceptors (Lipinski definition) is 3. The Morgan fingerprint density at radius 2 is 1.94 bits per heavy atom. The van der Waals surface area contributed by atoms with Crippen LogP contribution in [0.25, 0.3) is 10.9 Å². The fourth-order valence-corrected chi connectivity index (χ4v) is 1.59. The lowest BCUT2D eigenvalue weighted by atomic mass is 10.1. The third-order valence-corrected chi connectivity index (χ3v) is 2.37. The first kappa shape index (κ1) is 12.1. The molecule has 8 heteroatoms. The van der Waals surface area contributed by atoms with E-state index < -0.39 is 45.4 Å². The second-order valence-electron chi connectivity index (χ2n) is 3.49. The van der Waals surface area contributed by atoms with Crippen LogP contribution in [0.5, 0.6) is 0 Å². The van der Waals surface area contributed by atoms with Gasteiger partial charge in [0.25, 0.3) is 0 Å². The van der Waals surface area contributed by atoms with Crippen LogP contribution in [0.3, 0.4) is 0 Å². The van der Waals surface area contributed by atoms with Crippen LogP contribution in [-0.4, -0.2) is 20.9 Å². The molecule has 0 saturated heterocycles. The second-order valence-corrected chi connectivity index (χ2v) is 3.49. The second kappa shape index (κ2) is 3.83. The summed E-state index contributed by atoms with van der Waals surface area (Å²) in [5.74, 6) is -6.54. The maximum absolute atomic E-state index is 13.5. The van der Waals surface area contributed by atoms with Crippen molar-refractivity contribution in [3.8, 4) is 0 Å². The van der Waals surface area contributed by atoms with Crippen molar-refractivity contribution in [3.05, 3.63) is 39.4 Å². The van der Waals surface area contributed by atoms with Gasteiger partial charge in [0, 0.05) is 7.05 Å². The average molecular weight is 258 g/mol. The van der Waals surface area contributed by atoms with E-state index in [2.05, 4.69) is 5.10 Å². The van der Waals surface area contributed by atoms with Crippen molar-refractivity contribution in [2.24, 2.45) is 7.05 Å². The first-order valence-electron chi connectivity index (χ1n) is 4.62. The SMILES string of the molecule is Cn1nc(C(=O)O)c(=O)c2cc(F)c(F)c(F)c21. The number of fused-ring (bicyclic) bond motifs is 1. The largest absolute Gasteiger partial charge is 0.476 e. The molecule has 1 N–H and O–H groups in total. The summed E-state index contributed by atoms with van der Waals surface area (Å²) in [4.78, 5) is 22.3. The van der Waals surface area contributed by atoms with E-state index in [1.54, 1.807) is 0 Å². The molecule has 0 saturated carbocycles. The number of aromatic nitrogens is 2. The number of halogens is 3. The predicted molar refractivity (Wildman–Crippen MR) is 53.8 cm³/mol. The van der Waals surface area contributed by atoms with Gasteiger partial charge in [-0.05, 0) is 6.07 Å². The van der Waals surface area contributed by atoms with Gasteiger partial charge < -0.3 is 5.11 Å². The van der Waals surface area contributed by atoms with Gasteiger partial charge in [-0.2, -0.15) is 5.10 Å². The Bertz CT molecular complexity index is 739. The molecule has 0 amide bonds. The monoisotopic (exact) mass is 258 g/mol. The molecule has 18 heavy (non-hydrogen) atoms. The summed E-state index contributed by atoms with van der Waals surface area (Å²) in [6.07, 6.45) is 0. The lowest BCUT2D eigenvalue weighted by Crippen LogP contribution is -2.23. The summed E-state index contributed by atoms with van der Waals surface area (Å²) in [5.41, 5.74) is -2.66. The zero-order chi connectivity index (χ0) is 13.6. The van der Waals surface area contributed by atoms with Crippen molar-refractivity contribution in [3.63, 3.8) is 0 Å². The normalized spacial score (nSPS) is 10.9. The number of rotatable bonds is 1. The van der Waals surface area contributed by atoms with Gasteiger partial charge in [0.1, 0.15) is 5.52 Å². The Morgan fingerprint density at radius 3 is 2.50 bits per heavy atom. The zero-order valence-electron chi connectivity index (χ0n) is 8.87. The number of nitrogens with zero attached hydrogens (tertiary/aromatic N) is 2. The number of carboxylic acid groups (broad SMARTS) is 1. The molecule has 0 aliphatic heterocycles. The van der Waals surface area contributed by atoms with Crippen LogP contribution in [0.15, 0.2) is 10.9 Å². The van der Waals surface area contributed by atoms with Crippen molar-refractivity contribution in [1.29, 1.82) is 0 Å². The van der Waals surface area contributed by atoms with E-state index in [0.717, 1.165) is 7.05 Å². The minimum Gasteiger partial charge on any atom is -0.476 e. The Hall–Kier alpha value is -2.38. The van der Waals surface area contributed by atoms with Crippen LogP contribution < -0.4 is 5.43 Å². The molecule has 1 aromatic heterocycles. The summed E-state index contributed by atoms with van der Waals surface area (Å²) in [6, 6.07) is 0.449. The number of aryl methyl sites for hydroxylation is 1. The standard InChI is InChI=1S/C10H5F3N2O3/c1-15-8-3(2-4(11)5(12)6(8)13)9(16)7(14-15)10(17)18/h2H,1H3,(H,17,18). The summed E-state index contributed by atoms with van der Waals surface area (Å²) < 4.78 is 40.2. The molecule has 0 atom stereocenters. The van der Waals surface area contributed by atoms with E-state index in [4.69, 9.17) is 5.11 Å². The van der Waals surface area contributed by atoms with Gasteiger partial charge in [-0.15, -0.1) is 0 Å². The molecule has 1 aromatic carbocycles. The molecule has 0 bridgehead atoms. The molecular formula is C10H5F3N2O3. The van der Waals surface area contributed by atoms with Gasteiger partial charge >= 0.3 is 5.97 Å². The maximum Gasteiger partial charge on any atom is 0.360 e. The molecule has 0 unspecified atom stereocenters. The highest BCUT2D eigenvalue weighted by molar-refractivity contribution is 5.90. The van der Waals surface area contributed by atoms with Crippen LogP contribution in [0, 0.1) is 17.5 Å². The van der Waals surface area contributed by atoms with Crippen molar-refractivity contribution < 1.29 is 23.1 Å². The highest BCUT2D eigenvalue weighted by atomic mass is 19.2. The number of hydrogen-bond donors (Lipinski definition) is 1. The molecule has 0 fully saturated rings. The predicted octanol–water partition coefficient (Wildman–Crippen LogP) is 1.05. The van der Waals surface area contributed by atoms with Crippen molar-refractivity contribution >= 4 is 16.9 Å². The van der Waals surface area contributed by atoms with Crippen LogP contribution in [-0.2, 0) is 7.05 Å². The van der Waals surface area contributed by atoms with Crippen LogP contribution in [0.2, 0.25) is 0 Å². The Balaban J connectivity index is 3.08. The lowest BCUT2D eigenvalue weighted by molar-refractivity contribution is 0.0686. The first-order valence-corrected chi connectivity index (χ1v) is 4.62. The van der Waals surface area contributed by atoms with Crippen LogP contribution in [0.4, 0.5) is 13.2 Å². The van der Waals surface area contributed by atoms with Crippen LogP contribution in [0.1, 0.15) is 10.5 Å². The smallest absolute Gasteiger partial charge is 0.360 e. The Labute approximate surface area is 97.1 Å². The van der Waals surface area contributed by atoms with Gasteiger partial charge in [0.2, 0.25) is 11.1 Å². The van der Waals surface area contributed by atoms with Crippen molar-refractivity contribution in [2.45, 2.75) is 0 Å². The lowest BCUT2D eigenvalue weighted by Gasteiger charge is -2.07. The van der Waals surface area contributed by atoms with Gasteiger partial charge in [-0.3, -0.25) is 9.48 Å². The minimum atomic E-state index is -1.75. The maximum atomic E-state index is 13.5. The van der Waals surface area contributed by atoms with E-state index in [0.29, 0.717) is 10.7 Å². The zero-order valence-corrected chi connectivity index (χ0v) is 8.87. The first-order chi connectivity index (χ1) is 8.34. The van der Waals surface area contributed by atoms with E-state index in [9.17, 15) is 22.8 Å². The average Bonchev–Trinajstić information content (AvgIpc) is 2.29. The van der Waals surface area contributed by atoms with Crippen LogP contribution >= 0.6 is 0 Å². The van der Waals surface area contributed by atoms with Gasteiger partial charge in [0.05, 0.1) is 5.39 Å². The third-order valence-electron chi connectivity index (χ3n) is 2.37. The Kier molecular flexibility index (Phi) is 2.57. The summed E-state index contributed by atoms with van der Waals surface area (Å²) >= 11 is 0. The number of benzene rings is 1. The summed E-state index contributed by atoms with van der Waals surface area (Å²) in [7, 11) is 1.12. The van der Waals surface area contributed by atoms with Gasteiger partial charge in [0.15, 0.2) is 17.5 Å². The number of aromatic carboxylic acids is 1. The summed E-state index contributed by atoms with van der Waals surface area (Å²) in [6.45, 7) is 0. The molecular weight excluding hydrogens is 253 g/mol.